The summed E-state index contributed by atoms with van der Waals surface area (Å²) in [5, 5.41) is 0. The summed E-state index contributed by atoms with van der Waals surface area (Å²) in [6.45, 7) is 22.5. The largest absolute Gasteiger partial charge is 0.451 e. The van der Waals surface area contributed by atoms with Crippen LogP contribution in [0.3, 0.4) is 0 Å². The van der Waals surface area contributed by atoms with Crippen molar-refractivity contribution >= 4 is 52.6 Å². The second-order valence-corrected chi connectivity index (χ2v) is 29.8. The van der Waals surface area contributed by atoms with Crippen LogP contribution in [-0.2, 0) is 62.1 Å². The molecule has 13 aliphatic rings. The van der Waals surface area contributed by atoms with E-state index in [-0.39, 0.29) is 97.3 Å². The van der Waals surface area contributed by atoms with E-state index in [0.717, 1.165) is 89.9 Å². The summed E-state index contributed by atoms with van der Waals surface area (Å²) in [5.41, 5.74) is 0.0666. The van der Waals surface area contributed by atoms with Crippen molar-refractivity contribution in [2.45, 2.75) is 241 Å². The number of ether oxygens (including phenoxy) is 4. The molecule has 1 aliphatic heterocycles. The Labute approximate surface area is 486 Å². The maximum Gasteiger partial charge on any atom is 0.303 e. The maximum atomic E-state index is 12.8. The number of epoxide rings is 1. The van der Waals surface area contributed by atoms with E-state index in [1.54, 1.807) is 20.8 Å². The third-order valence-corrected chi connectivity index (χ3v) is 26.7. The molecule has 13 heteroatoms. The molecule has 12 aliphatic carbocycles. The lowest BCUT2D eigenvalue weighted by molar-refractivity contribution is -0.187. The molecule has 13 nitrogen and oxygen atoms in total. The Kier molecular flexibility index (Phi) is 14.4. The highest BCUT2D eigenvalue weighted by atomic mass is 16.6. The van der Waals surface area contributed by atoms with Gasteiger partial charge in [-0.1, -0.05) is 59.3 Å². The van der Waals surface area contributed by atoms with Gasteiger partial charge in [-0.2, -0.15) is 0 Å². The molecular formula is C69H92O13. The van der Waals surface area contributed by atoms with Crippen LogP contribution in [0.25, 0.3) is 0 Å². The first-order chi connectivity index (χ1) is 38.4. The SMILES string of the molecule is CC(=O)O[C@]1(C(C)=O)CCC2C3C(CC[C@@]21C)[C@@]1(C)CCC(=O)C=C1[C@H]1O[C@@H]31.CC(=O)O[C@]1(C(C)=O)CCC2C3C=CC4=CC(=O)CC[C@]4(C)C3CC[C@@]21C.CC(=O)O[C@]1(C(C)=O)CCC2C3CCC4=CC(=O)CC[C@]4(C)C3CC[C@@]21C. The molecule has 0 aromatic heterocycles. The molecule has 0 amide bonds. The summed E-state index contributed by atoms with van der Waals surface area (Å²) in [7, 11) is 0. The summed E-state index contributed by atoms with van der Waals surface area (Å²) in [6.07, 6.45) is 27.4. The van der Waals surface area contributed by atoms with Crippen LogP contribution < -0.4 is 0 Å². The molecule has 446 valence electrons. The smallest absolute Gasteiger partial charge is 0.303 e. The molecule has 9 unspecified atom stereocenters. The Balaban J connectivity index is 0.000000129. The molecular weight excluding hydrogens is 1040 g/mol. The van der Waals surface area contributed by atoms with Crippen molar-refractivity contribution in [3.8, 4) is 0 Å². The van der Waals surface area contributed by atoms with Crippen molar-refractivity contribution in [2.75, 3.05) is 0 Å². The number of hydrogen-bond acceptors (Lipinski definition) is 13. The highest BCUT2D eigenvalue weighted by Gasteiger charge is 2.74. The number of allylic oxidation sites excluding steroid dienone is 5. The Hall–Kier alpha value is -4.65. The number of fused-ring (bicyclic) bond motifs is 18. The van der Waals surface area contributed by atoms with Crippen LogP contribution in [0.15, 0.2) is 47.1 Å². The second kappa shape index (κ2) is 20.0. The normalized spacial score (nSPS) is 47.6. The maximum absolute atomic E-state index is 12.8. The summed E-state index contributed by atoms with van der Waals surface area (Å²) in [6, 6.07) is 0. The van der Waals surface area contributed by atoms with Gasteiger partial charge in [0.05, 0.1) is 6.10 Å². The average Bonchev–Trinajstić information content (AvgIpc) is 2.29. The van der Waals surface area contributed by atoms with Gasteiger partial charge in [0.15, 0.2) is 51.5 Å². The second-order valence-electron chi connectivity index (χ2n) is 29.8. The Bertz CT molecular complexity index is 2940. The molecule has 13 rings (SSSR count). The van der Waals surface area contributed by atoms with Crippen LogP contribution in [0, 0.1) is 85.8 Å². The lowest BCUT2D eigenvalue weighted by atomic mass is 9.46. The molecule has 8 saturated carbocycles. The molecule has 0 spiro atoms. The standard InChI is InChI=1S/C23H30O5.C23H32O4.C23H30O4/c1-12(24)23(28-13(2)25)10-7-16-18-15(6-9-22(16,23)4)21(3)8-5-14(26)11-17(21)19-20(18)27-19;2*1-14(24)23(27-15(2)25)12-9-20-18-6-5-16-13-17(26)7-10-21(16,3)19(18)8-11-22(20,23)4/h11,15-16,18-20H,5-10H2,1-4H3;13,18-20H,5-12H2,1-4H3;5-6,13,18-20H,7-12H2,1-4H3/t15?,16?,18?,19-,20+,21-,22+,23+;2*18?,19?,20?,21-,22-,23-/m100/s1. The average molecular weight is 1130 g/mol. The lowest BCUT2D eigenvalue weighted by Gasteiger charge is -2.59. The zero-order valence-corrected chi connectivity index (χ0v) is 51.2. The van der Waals surface area contributed by atoms with Gasteiger partial charge < -0.3 is 18.9 Å². The van der Waals surface area contributed by atoms with Crippen molar-refractivity contribution < 1.29 is 62.1 Å². The molecule has 0 aromatic carbocycles. The molecule has 0 aromatic rings. The predicted octanol–water partition coefficient (Wildman–Crippen LogP) is 12.0. The van der Waals surface area contributed by atoms with Gasteiger partial charge >= 0.3 is 17.9 Å². The first kappa shape index (κ1) is 59.1. The van der Waals surface area contributed by atoms with Crippen molar-refractivity contribution in [3.05, 3.63) is 47.1 Å². The number of rotatable bonds is 6. The summed E-state index contributed by atoms with van der Waals surface area (Å²) < 4.78 is 23.6. The number of Topliss-reactive ketones (excluding diaryl/α,β-unsaturated/α-hetero) is 3. The zero-order chi connectivity index (χ0) is 59.3. The first-order valence-electron chi connectivity index (χ1n) is 31.6. The number of ketones is 6. The van der Waals surface area contributed by atoms with E-state index in [9.17, 15) is 43.2 Å². The third-order valence-electron chi connectivity index (χ3n) is 26.7. The van der Waals surface area contributed by atoms with E-state index in [4.69, 9.17) is 18.9 Å². The lowest BCUT2D eigenvalue weighted by Crippen LogP contribution is -2.59. The molecule has 1 heterocycles. The van der Waals surface area contributed by atoms with Gasteiger partial charge in [0.2, 0.25) is 0 Å². The van der Waals surface area contributed by atoms with Gasteiger partial charge in [-0.05, 0) is 229 Å². The number of carbonyl (C=O) groups excluding carboxylic acids is 9. The summed E-state index contributed by atoms with van der Waals surface area (Å²) in [4.78, 5) is 110. The molecule has 1 saturated heterocycles. The van der Waals surface area contributed by atoms with Gasteiger partial charge in [0.25, 0.3) is 0 Å². The molecule has 0 bridgehead atoms. The van der Waals surface area contributed by atoms with Crippen LogP contribution >= 0.6 is 0 Å². The molecule has 0 N–H and O–H groups in total. The van der Waals surface area contributed by atoms with Gasteiger partial charge in [-0.25, -0.2) is 0 Å². The molecule has 0 radical (unpaired) electrons. The number of hydrogen-bond donors (Lipinski definition) is 0. The van der Waals surface area contributed by atoms with Crippen LogP contribution in [-0.4, -0.2) is 81.6 Å². The van der Waals surface area contributed by atoms with E-state index in [0.29, 0.717) is 91.8 Å². The zero-order valence-electron chi connectivity index (χ0n) is 51.2. The van der Waals surface area contributed by atoms with Crippen molar-refractivity contribution in [2.24, 2.45) is 85.8 Å². The Morgan fingerprint density at radius 2 is 0.890 bits per heavy atom. The minimum Gasteiger partial charge on any atom is -0.451 e. The van der Waals surface area contributed by atoms with Gasteiger partial charge in [-0.3, -0.25) is 43.2 Å². The fourth-order valence-electron chi connectivity index (χ4n) is 22.6. The quantitative estimate of drug-likeness (QED) is 0.139. The third kappa shape index (κ3) is 8.35. The monoisotopic (exact) mass is 1130 g/mol. The van der Waals surface area contributed by atoms with E-state index in [1.165, 1.54) is 37.5 Å². The van der Waals surface area contributed by atoms with E-state index in [2.05, 4.69) is 53.7 Å². The number of carbonyl (C=O) groups is 9. The van der Waals surface area contributed by atoms with Crippen LogP contribution in [0.1, 0.15) is 212 Å². The van der Waals surface area contributed by atoms with Gasteiger partial charge in [0.1, 0.15) is 6.10 Å². The Morgan fingerprint density at radius 1 is 0.451 bits per heavy atom. The summed E-state index contributed by atoms with van der Waals surface area (Å²) in [5.74, 6) is 3.50. The van der Waals surface area contributed by atoms with Crippen LogP contribution in [0.2, 0.25) is 0 Å². The van der Waals surface area contributed by atoms with E-state index >= 15 is 0 Å². The Morgan fingerprint density at radius 3 is 1.44 bits per heavy atom. The summed E-state index contributed by atoms with van der Waals surface area (Å²) >= 11 is 0. The van der Waals surface area contributed by atoms with Crippen LogP contribution in [0.5, 0.6) is 0 Å². The number of esters is 3. The van der Waals surface area contributed by atoms with Crippen molar-refractivity contribution in [1.82, 2.24) is 0 Å². The minimum atomic E-state index is -1.00. The highest BCUT2D eigenvalue weighted by molar-refractivity contribution is 5.94. The van der Waals surface area contributed by atoms with Crippen molar-refractivity contribution in [1.29, 1.82) is 0 Å². The fraction of sp³-hybridized carbons (Fsp3) is 0.754. The molecule has 20 atom stereocenters. The predicted molar refractivity (Wildman–Crippen MR) is 305 cm³/mol. The highest BCUT2D eigenvalue weighted by Crippen LogP contribution is 2.73. The fourth-order valence-corrected chi connectivity index (χ4v) is 22.6. The van der Waals surface area contributed by atoms with E-state index < -0.39 is 16.8 Å². The molecule has 82 heavy (non-hydrogen) atoms. The van der Waals surface area contributed by atoms with Crippen molar-refractivity contribution in [3.63, 3.8) is 0 Å². The topological polar surface area (TPSA) is 194 Å². The first-order valence-corrected chi connectivity index (χ1v) is 31.6. The van der Waals surface area contributed by atoms with Gasteiger partial charge in [-0.15, -0.1) is 0 Å². The van der Waals surface area contributed by atoms with Crippen LogP contribution in [0.4, 0.5) is 0 Å². The molecule has 9 fully saturated rings. The van der Waals surface area contributed by atoms with E-state index in [1.807, 2.05) is 18.2 Å². The minimum absolute atomic E-state index is 0.00650. The van der Waals surface area contributed by atoms with Gasteiger partial charge in [0, 0.05) is 56.3 Å².